The van der Waals surface area contributed by atoms with Gasteiger partial charge in [-0.1, -0.05) is 55.5 Å². The van der Waals surface area contributed by atoms with E-state index in [0.717, 1.165) is 24.8 Å². The molecule has 0 spiro atoms. The Labute approximate surface area is 137 Å². The van der Waals surface area contributed by atoms with Gasteiger partial charge in [-0.3, -0.25) is 0 Å². The van der Waals surface area contributed by atoms with Gasteiger partial charge in [0.05, 0.1) is 13.2 Å². The molecule has 0 aromatic heterocycles. The van der Waals surface area contributed by atoms with Crippen molar-refractivity contribution in [2.75, 3.05) is 6.61 Å². The summed E-state index contributed by atoms with van der Waals surface area (Å²) in [4.78, 5) is 11.3. The molecular formula is C19H22O4. The Morgan fingerprint density at radius 1 is 1.26 bits per heavy atom. The van der Waals surface area contributed by atoms with Crippen molar-refractivity contribution in [1.29, 1.82) is 0 Å². The third-order valence-corrected chi connectivity index (χ3v) is 3.37. The maximum absolute atomic E-state index is 11.3. The molecule has 1 aromatic carbocycles. The van der Waals surface area contributed by atoms with Crippen molar-refractivity contribution in [3.63, 3.8) is 0 Å². The minimum absolute atomic E-state index is 0.291. The normalized spacial score (nSPS) is 20.0. The average Bonchev–Trinajstić information content (AvgIpc) is 2.91. The van der Waals surface area contributed by atoms with E-state index in [4.69, 9.17) is 14.2 Å². The first-order valence-electron chi connectivity index (χ1n) is 7.93. The molecule has 1 fully saturated rings. The molecule has 23 heavy (non-hydrogen) atoms. The lowest BCUT2D eigenvalue weighted by Crippen LogP contribution is -2.26. The second kappa shape index (κ2) is 9.70. The van der Waals surface area contributed by atoms with Crippen molar-refractivity contribution < 1.29 is 19.0 Å². The molecule has 0 N–H and O–H groups in total. The molecule has 0 unspecified atom stereocenters. The molecule has 2 atom stereocenters. The molecule has 4 nitrogen and oxygen atoms in total. The molecule has 1 aromatic rings. The molecule has 2 rings (SSSR count). The van der Waals surface area contributed by atoms with Crippen LogP contribution >= 0.6 is 0 Å². The first-order chi connectivity index (χ1) is 11.3. The highest BCUT2D eigenvalue weighted by atomic mass is 16.8. The number of allylic oxidation sites excluding steroid dienone is 1. The fraction of sp³-hybridized carbons (Fsp3) is 0.421. The number of rotatable bonds is 7. The van der Waals surface area contributed by atoms with E-state index in [2.05, 4.69) is 18.8 Å². The fourth-order valence-corrected chi connectivity index (χ4v) is 2.10. The van der Waals surface area contributed by atoms with Crippen LogP contribution in [0.15, 0.2) is 42.5 Å². The Hall–Kier alpha value is -2.25. The Morgan fingerprint density at radius 3 is 2.87 bits per heavy atom. The highest BCUT2D eigenvalue weighted by Crippen LogP contribution is 2.17. The maximum Gasteiger partial charge on any atom is 0.509 e. The summed E-state index contributed by atoms with van der Waals surface area (Å²) >= 11 is 0. The predicted octanol–water partition coefficient (Wildman–Crippen LogP) is 3.86. The van der Waals surface area contributed by atoms with E-state index < -0.39 is 18.4 Å². The Kier molecular flexibility index (Phi) is 7.22. The molecule has 4 heteroatoms. The van der Waals surface area contributed by atoms with Crippen LogP contribution in [0.25, 0.3) is 0 Å². The van der Waals surface area contributed by atoms with E-state index in [1.165, 1.54) is 0 Å². The number of carbonyl (C=O) groups is 1. The summed E-state index contributed by atoms with van der Waals surface area (Å²) in [6.07, 6.45) is 5.04. The Balaban J connectivity index is 1.78. The van der Waals surface area contributed by atoms with Crippen LogP contribution in [-0.4, -0.2) is 25.0 Å². The second-order valence-electron chi connectivity index (χ2n) is 5.27. The minimum Gasteiger partial charge on any atom is -0.424 e. The molecule has 122 valence electrons. The van der Waals surface area contributed by atoms with Crippen molar-refractivity contribution in [2.45, 2.75) is 45.0 Å². The van der Waals surface area contributed by atoms with Gasteiger partial charge in [-0.25, -0.2) is 4.79 Å². The number of hydrogen-bond donors (Lipinski definition) is 0. The van der Waals surface area contributed by atoms with Crippen LogP contribution < -0.4 is 0 Å². The Bertz CT molecular complexity index is 568. The summed E-state index contributed by atoms with van der Waals surface area (Å²) in [5.74, 6) is 6.00. The molecule has 0 bridgehead atoms. The van der Waals surface area contributed by atoms with E-state index >= 15 is 0 Å². The summed E-state index contributed by atoms with van der Waals surface area (Å²) in [6, 6.07) is 9.85. The highest BCUT2D eigenvalue weighted by Gasteiger charge is 2.34. The number of cyclic esters (lactones) is 2. The van der Waals surface area contributed by atoms with Crippen LogP contribution in [0.5, 0.6) is 0 Å². The summed E-state index contributed by atoms with van der Waals surface area (Å²) in [7, 11) is 0. The van der Waals surface area contributed by atoms with Gasteiger partial charge >= 0.3 is 6.16 Å². The first kappa shape index (κ1) is 17.1. The maximum atomic E-state index is 11.3. The topological polar surface area (TPSA) is 44.8 Å². The zero-order chi connectivity index (χ0) is 16.3. The van der Waals surface area contributed by atoms with E-state index in [9.17, 15) is 4.79 Å². The van der Waals surface area contributed by atoms with Crippen molar-refractivity contribution >= 4 is 6.16 Å². The van der Waals surface area contributed by atoms with Crippen molar-refractivity contribution in [2.24, 2.45) is 0 Å². The monoisotopic (exact) mass is 314 g/mol. The average molecular weight is 314 g/mol. The predicted molar refractivity (Wildman–Crippen MR) is 87.7 cm³/mol. The molecule has 1 heterocycles. The van der Waals surface area contributed by atoms with Crippen LogP contribution in [0.3, 0.4) is 0 Å². The van der Waals surface area contributed by atoms with Crippen LogP contribution in [-0.2, 0) is 20.8 Å². The first-order valence-corrected chi connectivity index (χ1v) is 7.93. The molecular weight excluding hydrogens is 292 g/mol. The van der Waals surface area contributed by atoms with Crippen molar-refractivity contribution in [3.8, 4) is 11.8 Å². The van der Waals surface area contributed by atoms with Crippen LogP contribution in [0.1, 0.15) is 31.7 Å². The smallest absolute Gasteiger partial charge is 0.424 e. The van der Waals surface area contributed by atoms with Gasteiger partial charge in [-0.15, -0.1) is 0 Å². The van der Waals surface area contributed by atoms with Gasteiger partial charge in [-0.2, -0.15) is 0 Å². The number of benzene rings is 1. The lowest BCUT2D eigenvalue weighted by molar-refractivity contribution is 0.0305. The standard InChI is InChI=1S/C19H22O4/c1-2-3-4-5-6-10-13-17-18(23-19(20)22-17)15-21-14-16-11-8-7-9-12-16/h7-13,17-18H,2-4,14-15H2,1H3/b13-10+/t17-,18+/m0/s1. The fourth-order valence-electron chi connectivity index (χ4n) is 2.10. The van der Waals surface area contributed by atoms with E-state index in [0.29, 0.717) is 13.2 Å². The summed E-state index contributed by atoms with van der Waals surface area (Å²) < 4.78 is 15.8. The molecule has 1 aliphatic heterocycles. The van der Waals surface area contributed by atoms with E-state index in [-0.39, 0.29) is 0 Å². The third-order valence-electron chi connectivity index (χ3n) is 3.37. The number of unbranched alkanes of at least 4 members (excludes halogenated alkanes) is 2. The zero-order valence-corrected chi connectivity index (χ0v) is 13.4. The summed E-state index contributed by atoms with van der Waals surface area (Å²) in [5.41, 5.74) is 1.08. The minimum atomic E-state index is -0.660. The molecule has 0 amide bonds. The molecule has 0 radical (unpaired) electrons. The molecule has 0 saturated carbocycles. The van der Waals surface area contributed by atoms with Crippen molar-refractivity contribution in [3.05, 3.63) is 48.0 Å². The van der Waals surface area contributed by atoms with Crippen LogP contribution in [0.2, 0.25) is 0 Å². The molecule has 0 aliphatic carbocycles. The van der Waals surface area contributed by atoms with E-state index in [1.54, 1.807) is 12.2 Å². The van der Waals surface area contributed by atoms with Crippen LogP contribution in [0.4, 0.5) is 4.79 Å². The summed E-state index contributed by atoms with van der Waals surface area (Å²) in [5, 5.41) is 0. The SMILES string of the molecule is CCCCC#C/C=C/[C@@H]1OC(=O)O[C@@H]1COCc1ccccc1. The number of hydrogen-bond acceptors (Lipinski definition) is 4. The van der Waals surface area contributed by atoms with Gasteiger partial charge in [-0.05, 0) is 24.1 Å². The number of ether oxygens (including phenoxy) is 3. The Morgan fingerprint density at radius 2 is 2.09 bits per heavy atom. The number of carbonyl (C=O) groups excluding carboxylic acids is 1. The lowest BCUT2D eigenvalue weighted by Gasteiger charge is -2.12. The third kappa shape index (κ3) is 6.17. The van der Waals surface area contributed by atoms with Gasteiger partial charge < -0.3 is 14.2 Å². The van der Waals surface area contributed by atoms with Gasteiger partial charge in [0, 0.05) is 6.42 Å². The summed E-state index contributed by atoms with van der Waals surface area (Å²) in [6.45, 7) is 2.90. The van der Waals surface area contributed by atoms with E-state index in [1.807, 2.05) is 30.3 Å². The highest BCUT2D eigenvalue weighted by molar-refractivity contribution is 5.63. The molecule has 1 saturated heterocycles. The zero-order valence-electron chi connectivity index (χ0n) is 13.4. The van der Waals surface area contributed by atoms with Gasteiger partial charge in [0.2, 0.25) is 0 Å². The molecule has 1 aliphatic rings. The largest absolute Gasteiger partial charge is 0.509 e. The van der Waals surface area contributed by atoms with Gasteiger partial charge in [0.15, 0.2) is 12.2 Å². The van der Waals surface area contributed by atoms with Crippen molar-refractivity contribution in [1.82, 2.24) is 0 Å². The quantitative estimate of drug-likeness (QED) is 0.435. The van der Waals surface area contributed by atoms with Gasteiger partial charge in [0.1, 0.15) is 0 Å². The van der Waals surface area contributed by atoms with Gasteiger partial charge in [0.25, 0.3) is 0 Å². The second-order valence-corrected chi connectivity index (χ2v) is 5.27. The lowest BCUT2D eigenvalue weighted by atomic mass is 10.2. The van der Waals surface area contributed by atoms with Crippen LogP contribution in [0, 0.1) is 11.8 Å².